The van der Waals surface area contributed by atoms with Crippen LogP contribution in [0.4, 0.5) is 17.1 Å². The molecule has 1 nitrogen and oxygen atoms in total. The van der Waals surface area contributed by atoms with Crippen LogP contribution < -0.4 is 10.1 Å². The third kappa shape index (κ3) is 4.43. The maximum atomic E-state index is 2.48. The van der Waals surface area contributed by atoms with Crippen molar-refractivity contribution in [2.24, 2.45) is 0 Å². The van der Waals surface area contributed by atoms with Crippen molar-refractivity contribution in [3.05, 3.63) is 156 Å². The van der Waals surface area contributed by atoms with Crippen LogP contribution in [0.1, 0.15) is 49.9 Å². The first-order valence-electron chi connectivity index (χ1n) is 17.7. The normalized spacial score (nSPS) is 15.2. The average Bonchev–Trinajstić information content (AvgIpc) is 3.47. The molecule has 7 aromatic rings. The van der Waals surface area contributed by atoms with Crippen LogP contribution in [0.2, 0.25) is 19.6 Å². The highest BCUT2D eigenvalue weighted by Gasteiger charge is 2.37. The highest BCUT2D eigenvalue weighted by Crippen LogP contribution is 2.53. The van der Waals surface area contributed by atoms with E-state index in [1.807, 2.05) is 0 Å². The quantitative estimate of drug-likeness (QED) is 0.132. The molecule has 0 bridgehead atoms. The number of anilines is 3. The Kier molecular flexibility index (Phi) is 6.34. The molecule has 2 aliphatic rings. The Morgan fingerprint density at radius 3 is 1.73 bits per heavy atom. The van der Waals surface area contributed by atoms with E-state index in [9.17, 15) is 0 Å². The smallest absolute Gasteiger partial charge is 0.0775 e. The summed E-state index contributed by atoms with van der Waals surface area (Å²) >= 11 is 0. The molecule has 0 saturated heterocycles. The van der Waals surface area contributed by atoms with Crippen molar-refractivity contribution >= 4 is 51.9 Å². The van der Waals surface area contributed by atoms with Gasteiger partial charge in [0, 0.05) is 27.9 Å². The fourth-order valence-corrected chi connectivity index (χ4v) is 9.93. The molecule has 0 N–H and O–H groups in total. The number of nitrogens with zero attached hydrogens (tertiary/aromatic N) is 1. The summed E-state index contributed by atoms with van der Waals surface area (Å²) in [5.74, 6) is 0. The highest BCUT2D eigenvalue weighted by atomic mass is 28.3. The predicted octanol–water partition coefficient (Wildman–Crippen LogP) is 12.6. The number of fused-ring (bicyclic) bond motifs is 3. The Balaban J connectivity index is 1.22. The van der Waals surface area contributed by atoms with Gasteiger partial charge in [0.2, 0.25) is 0 Å². The molecule has 2 heteroatoms. The minimum absolute atomic E-state index is 0.0771. The van der Waals surface area contributed by atoms with Gasteiger partial charge in [-0.1, -0.05) is 150 Å². The Morgan fingerprint density at radius 1 is 0.429 bits per heavy atom. The summed E-state index contributed by atoms with van der Waals surface area (Å²) in [7, 11) is -1.35. The molecule has 0 amide bonds. The van der Waals surface area contributed by atoms with Crippen LogP contribution >= 0.6 is 0 Å². The average molecular weight is 650 g/mol. The van der Waals surface area contributed by atoms with E-state index in [0.717, 1.165) is 5.69 Å². The van der Waals surface area contributed by atoms with Gasteiger partial charge in [-0.05, 0) is 102 Å². The molecular formula is C47H43NSi. The summed E-state index contributed by atoms with van der Waals surface area (Å²) in [6.45, 7) is 16.7. The topological polar surface area (TPSA) is 3.24 Å². The van der Waals surface area contributed by atoms with Gasteiger partial charge >= 0.3 is 0 Å². The van der Waals surface area contributed by atoms with Crippen LogP contribution in [0.3, 0.4) is 0 Å². The van der Waals surface area contributed by atoms with Gasteiger partial charge in [0.1, 0.15) is 0 Å². The molecule has 9 rings (SSSR count). The fraction of sp³-hybridized carbons (Fsp3) is 0.191. The highest BCUT2D eigenvalue weighted by molar-refractivity contribution is 6.88. The van der Waals surface area contributed by atoms with E-state index in [1.54, 1.807) is 0 Å². The zero-order chi connectivity index (χ0) is 33.9. The minimum atomic E-state index is -1.35. The van der Waals surface area contributed by atoms with E-state index >= 15 is 0 Å². The molecule has 240 valence electrons. The summed E-state index contributed by atoms with van der Waals surface area (Å²) in [5.41, 5.74) is 14.2. The van der Waals surface area contributed by atoms with Crippen molar-refractivity contribution in [3.8, 4) is 22.3 Å². The van der Waals surface area contributed by atoms with Gasteiger partial charge < -0.3 is 4.90 Å². The maximum Gasteiger partial charge on any atom is 0.0775 e. The van der Waals surface area contributed by atoms with Crippen molar-refractivity contribution in [1.82, 2.24) is 0 Å². The van der Waals surface area contributed by atoms with Gasteiger partial charge in [-0.3, -0.25) is 0 Å². The summed E-state index contributed by atoms with van der Waals surface area (Å²) in [6.07, 6.45) is 0. The lowest BCUT2D eigenvalue weighted by Crippen LogP contribution is -2.37. The standard InChI is InChI=1S/C47H43NSi/c1-46(2)40-13-9-8-12-38(40)39-26-23-35(28-42(39)46)48(34-21-17-30(18-22-34)31-19-24-37(25-20-31)49(5,6)7)36-27-33-16-15-32-11-10-14-41-44(32)45(33)43(29-36)47(41,3)4/h8-29H,1-7H3. The molecule has 0 unspecified atom stereocenters. The van der Waals surface area contributed by atoms with Gasteiger partial charge in [-0.15, -0.1) is 0 Å². The van der Waals surface area contributed by atoms with E-state index in [2.05, 4.69) is 186 Å². The molecule has 0 radical (unpaired) electrons. The van der Waals surface area contributed by atoms with E-state index in [4.69, 9.17) is 0 Å². The van der Waals surface area contributed by atoms with E-state index in [1.165, 1.54) is 82.6 Å². The van der Waals surface area contributed by atoms with Crippen molar-refractivity contribution in [3.63, 3.8) is 0 Å². The van der Waals surface area contributed by atoms with Crippen LogP contribution in [0, 0.1) is 0 Å². The van der Waals surface area contributed by atoms with Crippen LogP contribution in [0.25, 0.3) is 43.8 Å². The number of rotatable bonds is 5. The fourth-order valence-electron chi connectivity index (χ4n) is 8.76. The lowest BCUT2D eigenvalue weighted by Gasteiger charge is -2.30. The Hall–Kier alpha value is -4.92. The number of hydrogen-bond donors (Lipinski definition) is 0. The van der Waals surface area contributed by atoms with Gasteiger partial charge in [-0.2, -0.15) is 0 Å². The largest absolute Gasteiger partial charge is 0.310 e. The zero-order valence-electron chi connectivity index (χ0n) is 29.6. The van der Waals surface area contributed by atoms with Crippen molar-refractivity contribution in [1.29, 1.82) is 0 Å². The SMILES string of the molecule is CC1(C)c2ccccc2-c2ccc(N(c3ccc(-c4ccc([Si](C)(C)C)cc4)cc3)c3cc4c5c(ccc6cccc(c65)C4(C)C)c3)cc21. The summed E-state index contributed by atoms with van der Waals surface area (Å²) in [6, 6.07) is 50.8. The van der Waals surface area contributed by atoms with E-state index in [-0.39, 0.29) is 10.8 Å². The van der Waals surface area contributed by atoms with Gasteiger partial charge in [-0.25, -0.2) is 0 Å². The van der Waals surface area contributed by atoms with Crippen LogP contribution in [0.15, 0.2) is 133 Å². The van der Waals surface area contributed by atoms with E-state index in [0.29, 0.717) is 0 Å². The summed E-state index contributed by atoms with van der Waals surface area (Å²) in [5, 5.41) is 6.95. The first kappa shape index (κ1) is 30.2. The number of benzene rings is 7. The molecule has 0 saturated carbocycles. The third-order valence-electron chi connectivity index (χ3n) is 11.6. The second-order valence-electron chi connectivity index (χ2n) is 16.3. The Morgan fingerprint density at radius 2 is 1.00 bits per heavy atom. The Labute approximate surface area is 291 Å². The minimum Gasteiger partial charge on any atom is -0.310 e. The monoisotopic (exact) mass is 649 g/mol. The Bertz CT molecular complexity index is 2460. The van der Waals surface area contributed by atoms with Gasteiger partial charge in [0.25, 0.3) is 0 Å². The zero-order valence-corrected chi connectivity index (χ0v) is 30.6. The molecule has 0 spiro atoms. The van der Waals surface area contributed by atoms with Crippen LogP contribution in [0.5, 0.6) is 0 Å². The molecular weight excluding hydrogens is 607 g/mol. The molecule has 7 aromatic carbocycles. The van der Waals surface area contributed by atoms with Crippen molar-refractivity contribution in [2.75, 3.05) is 4.90 Å². The molecule has 0 aliphatic heterocycles. The van der Waals surface area contributed by atoms with Crippen LogP contribution in [-0.4, -0.2) is 8.07 Å². The van der Waals surface area contributed by atoms with Crippen molar-refractivity contribution < 1.29 is 0 Å². The predicted molar refractivity (Wildman–Crippen MR) is 214 cm³/mol. The van der Waals surface area contributed by atoms with Crippen LogP contribution in [-0.2, 0) is 10.8 Å². The maximum absolute atomic E-state index is 2.48. The lowest BCUT2D eigenvalue weighted by molar-refractivity contribution is 0.660. The first-order chi connectivity index (χ1) is 23.4. The first-order valence-corrected chi connectivity index (χ1v) is 21.2. The van der Waals surface area contributed by atoms with Gasteiger partial charge in [0.15, 0.2) is 0 Å². The number of hydrogen-bond acceptors (Lipinski definition) is 1. The van der Waals surface area contributed by atoms with E-state index < -0.39 is 8.07 Å². The lowest BCUT2D eigenvalue weighted by atomic mass is 9.81. The molecule has 0 heterocycles. The molecule has 49 heavy (non-hydrogen) atoms. The summed E-state index contributed by atoms with van der Waals surface area (Å²) < 4.78 is 0. The molecule has 0 aromatic heterocycles. The molecule has 2 aliphatic carbocycles. The van der Waals surface area contributed by atoms with Crippen molar-refractivity contribution in [2.45, 2.75) is 58.2 Å². The third-order valence-corrected chi connectivity index (χ3v) is 13.6. The second-order valence-corrected chi connectivity index (χ2v) is 21.4. The molecule has 0 fully saturated rings. The second kappa shape index (κ2) is 10.3. The van der Waals surface area contributed by atoms with Gasteiger partial charge in [0.05, 0.1) is 8.07 Å². The summed E-state index contributed by atoms with van der Waals surface area (Å²) in [4.78, 5) is 2.48. The molecule has 0 atom stereocenters.